The summed E-state index contributed by atoms with van der Waals surface area (Å²) in [4.78, 5) is 0.447. The number of benzene rings is 2. The molecule has 0 aromatic heterocycles. The highest BCUT2D eigenvalue weighted by Crippen LogP contribution is 2.15. The lowest BCUT2D eigenvalue weighted by Crippen LogP contribution is -2.06. The first kappa shape index (κ1) is 16.8. The van der Waals surface area contributed by atoms with Crippen molar-refractivity contribution in [3.05, 3.63) is 65.7 Å². The van der Waals surface area contributed by atoms with Gasteiger partial charge in [-0.3, -0.25) is 0 Å². The van der Waals surface area contributed by atoms with Gasteiger partial charge in [0.2, 0.25) is 0 Å². The third-order valence-electron chi connectivity index (χ3n) is 3.85. The van der Waals surface area contributed by atoms with Crippen LogP contribution in [0.4, 0.5) is 0 Å². The molecule has 0 unspecified atom stereocenters. The third-order valence-corrected chi connectivity index (χ3v) is 5.67. The Morgan fingerprint density at radius 3 is 2.09 bits per heavy atom. The molecule has 2 aromatic rings. The van der Waals surface area contributed by atoms with Crippen LogP contribution in [0.1, 0.15) is 36.8 Å². The molecular formula is C19H24O2S. The molecule has 118 valence electrons. The summed E-state index contributed by atoms with van der Waals surface area (Å²) in [5, 5.41) is 0. The summed E-state index contributed by atoms with van der Waals surface area (Å²) in [6, 6.07) is 17.6. The van der Waals surface area contributed by atoms with Crippen molar-refractivity contribution in [3.63, 3.8) is 0 Å². The Kier molecular flexibility index (Phi) is 6.20. The SMILES string of the molecule is Cc1ccc(S(=O)(=O)CCCCCCc2ccccc2)cc1. The third kappa shape index (κ3) is 5.30. The van der Waals surface area contributed by atoms with Crippen LogP contribution in [0.2, 0.25) is 0 Å². The Balaban J connectivity index is 1.68. The molecule has 2 aromatic carbocycles. The van der Waals surface area contributed by atoms with E-state index in [2.05, 4.69) is 24.3 Å². The van der Waals surface area contributed by atoms with Crippen LogP contribution in [0.25, 0.3) is 0 Å². The van der Waals surface area contributed by atoms with E-state index in [1.807, 2.05) is 25.1 Å². The molecule has 0 aliphatic heterocycles. The summed E-state index contributed by atoms with van der Waals surface area (Å²) in [7, 11) is -3.12. The van der Waals surface area contributed by atoms with Gasteiger partial charge in [0.05, 0.1) is 10.6 Å². The highest BCUT2D eigenvalue weighted by molar-refractivity contribution is 7.91. The molecule has 2 nitrogen and oxygen atoms in total. The van der Waals surface area contributed by atoms with Crippen molar-refractivity contribution in [2.24, 2.45) is 0 Å². The molecule has 0 saturated heterocycles. The van der Waals surface area contributed by atoms with E-state index < -0.39 is 9.84 Å². The van der Waals surface area contributed by atoms with E-state index in [0.717, 1.165) is 37.7 Å². The zero-order chi connectivity index (χ0) is 15.8. The Hall–Kier alpha value is -1.61. The summed E-state index contributed by atoms with van der Waals surface area (Å²) in [6.45, 7) is 1.96. The standard InChI is InChI=1S/C19H24O2S/c1-17-12-14-19(15-13-17)22(20,21)16-8-3-2-5-9-18-10-6-4-7-11-18/h4,6-7,10-15H,2-3,5,8-9,16H2,1H3. The summed E-state index contributed by atoms with van der Waals surface area (Å²) in [5.41, 5.74) is 2.44. The first-order valence-corrected chi connectivity index (χ1v) is 9.56. The second-order valence-corrected chi connectivity index (χ2v) is 7.89. The molecule has 0 aliphatic carbocycles. The van der Waals surface area contributed by atoms with Crippen molar-refractivity contribution in [1.29, 1.82) is 0 Å². The van der Waals surface area contributed by atoms with Crippen LogP contribution in [0.3, 0.4) is 0 Å². The summed E-state index contributed by atoms with van der Waals surface area (Å²) >= 11 is 0. The maximum atomic E-state index is 12.2. The fourth-order valence-electron chi connectivity index (χ4n) is 2.48. The summed E-state index contributed by atoms with van der Waals surface area (Å²) in [6.07, 6.45) is 4.99. The maximum Gasteiger partial charge on any atom is 0.178 e. The maximum absolute atomic E-state index is 12.2. The fraction of sp³-hybridized carbons (Fsp3) is 0.368. The van der Waals surface area contributed by atoms with E-state index in [9.17, 15) is 8.42 Å². The molecule has 22 heavy (non-hydrogen) atoms. The number of aryl methyl sites for hydroxylation is 2. The summed E-state index contributed by atoms with van der Waals surface area (Å²) in [5.74, 6) is 0.251. The second-order valence-electron chi connectivity index (χ2n) is 5.78. The number of unbranched alkanes of at least 4 members (excludes halogenated alkanes) is 3. The van der Waals surface area contributed by atoms with E-state index in [-0.39, 0.29) is 5.75 Å². The lowest BCUT2D eigenvalue weighted by molar-refractivity contribution is 0.587. The van der Waals surface area contributed by atoms with Crippen molar-refractivity contribution >= 4 is 9.84 Å². The molecule has 0 amide bonds. The van der Waals surface area contributed by atoms with Crippen LogP contribution in [0.5, 0.6) is 0 Å². The molecule has 0 saturated carbocycles. The largest absolute Gasteiger partial charge is 0.224 e. The van der Waals surface area contributed by atoms with Crippen LogP contribution < -0.4 is 0 Å². The Morgan fingerprint density at radius 1 is 0.773 bits per heavy atom. The van der Waals surface area contributed by atoms with Crippen LogP contribution in [-0.4, -0.2) is 14.2 Å². The lowest BCUT2D eigenvalue weighted by Gasteiger charge is -2.05. The number of hydrogen-bond acceptors (Lipinski definition) is 2. The Labute approximate surface area is 134 Å². The van der Waals surface area contributed by atoms with Gasteiger partial charge in [-0.2, -0.15) is 0 Å². The molecule has 0 fully saturated rings. The summed E-state index contributed by atoms with van der Waals surface area (Å²) < 4.78 is 24.4. The number of hydrogen-bond donors (Lipinski definition) is 0. The van der Waals surface area contributed by atoms with Gasteiger partial charge in [-0.25, -0.2) is 8.42 Å². The van der Waals surface area contributed by atoms with Crippen LogP contribution in [0.15, 0.2) is 59.5 Å². The monoisotopic (exact) mass is 316 g/mol. The topological polar surface area (TPSA) is 34.1 Å². The van der Waals surface area contributed by atoms with Gasteiger partial charge in [-0.05, 0) is 43.9 Å². The molecule has 0 heterocycles. The normalized spacial score (nSPS) is 11.5. The van der Waals surface area contributed by atoms with Gasteiger partial charge in [-0.15, -0.1) is 0 Å². The van der Waals surface area contributed by atoms with Crippen molar-refractivity contribution in [2.45, 2.75) is 43.9 Å². The zero-order valence-corrected chi connectivity index (χ0v) is 14.0. The van der Waals surface area contributed by atoms with Gasteiger partial charge in [0.1, 0.15) is 0 Å². The molecular weight excluding hydrogens is 292 g/mol. The predicted molar refractivity (Wildman–Crippen MR) is 91.8 cm³/mol. The van der Waals surface area contributed by atoms with Gasteiger partial charge >= 0.3 is 0 Å². The molecule has 0 aliphatic rings. The highest BCUT2D eigenvalue weighted by Gasteiger charge is 2.13. The quantitative estimate of drug-likeness (QED) is 0.668. The minimum atomic E-state index is -3.12. The van der Waals surface area contributed by atoms with Crippen molar-refractivity contribution in [2.75, 3.05) is 5.75 Å². The minimum Gasteiger partial charge on any atom is -0.224 e. The predicted octanol–water partition coefficient (Wildman–Crippen LogP) is 4.57. The average molecular weight is 316 g/mol. The fourth-order valence-corrected chi connectivity index (χ4v) is 3.85. The van der Waals surface area contributed by atoms with Gasteiger partial charge in [0, 0.05) is 0 Å². The molecule has 0 spiro atoms. The Morgan fingerprint density at radius 2 is 1.41 bits per heavy atom. The molecule has 0 radical (unpaired) electrons. The smallest absolute Gasteiger partial charge is 0.178 e. The van der Waals surface area contributed by atoms with Crippen molar-refractivity contribution in [3.8, 4) is 0 Å². The average Bonchev–Trinajstić information content (AvgIpc) is 2.52. The van der Waals surface area contributed by atoms with E-state index >= 15 is 0 Å². The molecule has 0 N–H and O–H groups in total. The van der Waals surface area contributed by atoms with E-state index in [4.69, 9.17) is 0 Å². The van der Waals surface area contributed by atoms with Crippen LogP contribution in [-0.2, 0) is 16.3 Å². The van der Waals surface area contributed by atoms with Crippen LogP contribution >= 0.6 is 0 Å². The molecule has 0 bridgehead atoms. The van der Waals surface area contributed by atoms with Gasteiger partial charge < -0.3 is 0 Å². The van der Waals surface area contributed by atoms with Crippen molar-refractivity contribution < 1.29 is 8.42 Å². The number of rotatable bonds is 8. The first-order chi connectivity index (χ1) is 10.6. The number of sulfone groups is 1. The lowest BCUT2D eigenvalue weighted by atomic mass is 10.1. The van der Waals surface area contributed by atoms with Crippen molar-refractivity contribution in [1.82, 2.24) is 0 Å². The van der Waals surface area contributed by atoms with E-state index in [1.54, 1.807) is 12.1 Å². The minimum absolute atomic E-state index is 0.251. The van der Waals surface area contributed by atoms with Gasteiger partial charge in [0.25, 0.3) is 0 Å². The molecule has 0 atom stereocenters. The van der Waals surface area contributed by atoms with E-state index in [1.165, 1.54) is 5.56 Å². The first-order valence-electron chi connectivity index (χ1n) is 7.91. The molecule has 3 heteroatoms. The van der Waals surface area contributed by atoms with E-state index in [0.29, 0.717) is 4.90 Å². The zero-order valence-electron chi connectivity index (χ0n) is 13.2. The van der Waals surface area contributed by atoms with Crippen LogP contribution in [0, 0.1) is 6.92 Å². The van der Waals surface area contributed by atoms with Gasteiger partial charge in [-0.1, -0.05) is 60.9 Å². The highest BCUT2D eigenvalue weighted by atomic mass is 32.2. The Bertz CT molecular complexity index is 658. The molecule has 2 rings (SSSR count). The van der Waals surface area contributed by atoms with Gasteiger partial charge in [0.15, 0.2) is 9.84 Å². The second kappa shape index (κ2) is 8.14.